The third-order valence-electron chi connectivity index (χ3n) is 11.9. The number of hydrogen-bond donors (Lipinski definition) is 0. The number of fused-ring (bicyclic) bond motifs is 9. The van der Waals surface area contributed by atoms with Crippen LogP contribution in [0.15, 0.2) is 200 Å². The molecule has 0 saturated carbocycles. The van der Waals surface area contributed by atoms with Crippen LogP contribution in [-0.4, -0.2) is 0 Å². The molecule has 0 aliphatic heterocycles. The Morgan fingerprint density at radius 1 is 0.241 bits per heavy atom. The number of thiophene rings is 3. The maximum atomic E-state index is 2.35. The summed E-state index contributed by atoms with van der Waals surface area (Å²) in [6.45, 7) is 0. The second kappa shape index (κ2) is 13.6. The lowest BCUT2D eigenvalue weighted by Crippen LogP contribution is -2.03. The van der Waals surface area contributed by atoms with E-state index in [1.165, 1.54) is 111 Å². The van der Waals surface area contributed by atoms with Gasteiger partial charge in [-0.1, -0.05) is 182 Å². The zero-order valence-corrected chi connectivity index (χ0v) is 33.8. The third kappa shape index (κ3) is 5.46. The Labute approximate surface area is 348 Å². The molecule has 9 aromatic carbocycles. The average Bonchev–Trinajstić information content (AvgIpc) is 3.99. The van der Waals surface area contributed by atoms with Gasteiger partial charge in [-0.2, -0.15) is 0 Å². The van der Waals surface area contributed by atoms with Crippen LogP contribution in [0.1, 0.15) is 22.6 Å². The predicted octanol–water partition coefficient (Wildman–Crippen LogP) is 17.0. The second-order valence-electron chi connectivity index (χ2n) is 15.1. The zero-order chi connectivity index (χ0) is 38.2. The summed E-state index contributed by atoms with van der Waals surface area (Å²) in [6.07, 6.45) is 0. The lowest BCUT2D eigenvalue weighted by atomic mass is 9.83. The first-order valence-corrected chi connectivity index (χ1v) is 22.2. The van der Waals surface area contributed by atoms with Crippen LogP contribution in [0.3, 0.4) is 0 Å². The van der Waals surface area contributed by atoms with E-state index < -0.39 is 0 Å². The van der Waals surface area contributed by atoms with E-state index in [1.807, 2.05) is 34.0 Å². The molecule has 12 aromatic rings. The fourth-order valence-electron chi connectivity index (χ4n) is 9.07. The minimum absolute atomic E-state index is 0.0671. The Kier molecular flexibility index (Phi) is 7.94. The highest BCUT2D eigenvalue weighted by Crippen LogP contribution is 2.44. The monoisotopic (exact) mass is 790 g/mol. The van der Waals surface area contributed by atoms with Gasteiger partial charge in [0.1, 0.15) is 0 Å². The van der Waals surface area contributed by atoms with E-state index in [-0.39, 0.29) is 5.92 Å². The second-order valence-corrected chi connectivity index (χ2v) is 18.3. The molecular formula is C55H34S3. The first kappa shape index (κ1) is 33.7. The Morgan fingerprint density at radius 2 is 0.517 bits per heavy atom. The van der Waals surface area contributed by atoms with Gasteiger partial charge in [-0.3, -0.25) is 0 Å². The van der Waals surface area contributed by atoms with Gasteiger partial charge in [-0.15, -0.1) is 34.0 Å². The molecule has 3 heterocycles. The molecule has 58 heavy (non-hydrogen) atoms. The van der Waals surface area contributed by atoms with Crippen LogP contribution in [0.25, 0.3) is 93.9 Å². The Bertz CT molecular complexity index is 3110. The van der Waals surface area contributed by atoms with Crippen LogP contribution >= 0.6 is 34.0 Å². The van der Waals surface area contributed by atoms with Crippen molar-refractivity contribution in [3.05, 3.63) is 217 Å². The van der Waals surface area contributed by atoms with Crippen LogP contribution in [-0.2, 0) is 0 Å². The van der Waals surface area contributed by atoms with Crippen molar-refractivity contribution in [1.29, 1.82) is 0 Å². The number of rotatable bonds is 6. The lowest BCUT2D eigenvalue weighted by Gasteiger charge is -2.20. The summed E-state index contributed by atoms with van der Waals surface area (Å²) < 4.78 is 8.05. The average molecular weight is 791 g/mol. The summed E-state index contributed by atoms with van der Waals surface area (Å²) in [5, 5.41) is 7.99. The largest absolute Gasteiger partial charge is 0.135 e. The minimum atomic E-state index is 0.0671. The molecule has 0 aliphatic rings. The van der Waals surface area contributed by atoms with E-state index in [1.54, 1.807) is 0 Å². The van der Waals surface area contributed by atoms with Crippen molar-refractivity contribution in [3.63, 3.8) is 0 Å². The van der Waals surface area contributed by atoms with Crippen molar-refractivity contribution in [3.8, 4) is 33.4 Å². The van der Waals surface area contributed by atoms with E-state index in [4.69, 9.17) is 0 Å². The highest BCUT2D eigenvalue weighted by atomic mass is 32.1. The maximum absolute atomic E-state index is 2.35. The zero-order valence-electron chi connectivity index (χ0n) is 31.4. The molecule has 272 valence electrons. The molecule has 0 radical (unpaired) electrons. The summed E-state index contributed by atoms with van der Waals surface area (Å²) in [4.78, 5) is 0. The van der Waals surface area contributed by atoms with Gasteiger partial charge < -0.3 is 0 Å². The van der Waals surface area contributed by atoms with Crippen LogP contribution < -0.4 is 0 Å². The van der Waals surface area contributed by atoms with Gasteiger partial charge in [-0.05, 0) is 68.3 Å². The molecular weight excluding hydrogens is 757 g/mol. The van der Waals surface area contributed by atoms with Crippen LogP contribution in [0.2, 0.25) is 0 Å². The highest BCUT2D eigenvalue weighted by Gasteiger charge is 2.20. The molecule has 0 unspecified atom stereocenters. The van der Waals surface area contributed by atoms with Crippen molar-refractivity contribution in [2.75, 3.05) is 0 Å². The fourth-order valence-corrected chi connectivity index (χ4v) is 12.8. The van der Waals surface area contributed by atoms with Gasteiger partial charge in [0.2, 0.25) is 0 Å². The van der Waals surface area contributed by atoms with Gasteiger partial charge in [-0.25, -0.2) is 0 Å². The van der Waals surface area contributed by atoms with Crippen molar-refractivity contribution in [2.24, 2.45) is 0 Å². The Hall–Kier alpha value is -6.36. The van der Waals surface area contributed by atoms with Gasteiger partial charge in [0.25, 0.3) is 0 Å². The van der Waals surface area contributed by atoms with Crippen molar-refractivity contribution in [1.82, 2.24) is 0 Å². The Balaban J connectivity index is 0.959. The molecule has 3 aromatic heterocycles. The predicted molar refractivity (Wildman–Crippen MR) is 255 cm³/mol. The standard InChI is InChI=1S/C55H34S3/c1-4-19-49-43(10-1)46-16-7-13-40(53(46)56-49)34-22-28-37(29-23-34)52(38-30-24-35(25-31-38)41-14-8-17-47-44-11-2-5-20-50(44)57-54(41)47)39-32-26-36(27-33-39)42-15-9-18-48-45-12-3-6-21-51(45)58-55(42)48/h1-33,52H. The molecule has 0 saturated heterocycles. The summed E-state index contributed by atoms with van der Waals surface area (Å²) in [7, 11) is 0. The first-order valence-electron chi connectivity index (χ1n) is 19.8. The van der Waals surface area contributed by atoms with Crippen molar-refractivity contribution >= 4 is 94.5 Å². The smallest absolute Gasteiger partial charge is 0.0433 e. The van der Waals surface area contributed by atoms with Crippen LogP contribution in [0.5, 0.6) is 0 Å². The summed E-state index contributed by atoms with van der Waals surface area (Å²) in [6, 6.07) is 74.6. The van der Waals surface area contributed by atoms with E-state index in [9.17, 15) is 0 Å². The molecule has 3 heteroatoms. The van der Waals surface area contributed by atoms with Crippen molar-refractivity contribution < 1.29 is 0 Å². The first-order chi connectivity index (χ1) is 28.7. The molecule has 0 nitrogen and oxygen atoms in total. The quantitative estimate of drug-likeness (QED) is 0.147. The molecule has 0 spiro atoms. The SMILES string of the molecule is c1ccc2c(c1)sc1c(-c3ccc(C(c4ccc(-c5cccc6c5sc5ccccc56)cc4)c4ccc(-c5cccc6c5sc5ccccc56)cc4)cc3)cccc12. The highest BCUT2D eigenvalue weighted by molar-refractivity contribution is 7.27. The number of hydrogen-bond acceptors (Lipinski definition) is 3. The lowest BCUT2D eigenvalue weighted by molar-refractivity contribution is 0.978. The third-order valence-corrected chi connectivity index (χ3v) is 15.5. The molecule has 0 fully saturated rings. The summed E-state index contributed by atoms with van der Waals surface area (Å²) >= 11 is 5.67. The molecule has 0 atom stereocenters. The minimum Gasteiger partial charge on any atom is -0.135 e. The fraction of sp³-hybridized carbons (Fsp3) is 0.0182. The van der Waals surface area contributed by atoms with Gasteiger partial charge in [0.05, 0.1) is 0 Å². The van der Waals surface area contributed by atoms with Crippen LogP contribution in [0, 0.1) is 0 Å². The van der Waals surface area contributed by atoms with E-state index in [2.05, 4.69) is 200 Å². The molecule has 0 N–H and O–H groups in total. The van der Waals surface area contributed by atoms with Gasteiger partial charge >= 0.3 is 0 Å². The van der Waals surface area contributed by atoms with Crippen molar-refractivity contribution in [2.45, 2.75) is 5.92 Å². The van der Waals surface area contributed by atoms with E-state index >= 15 is 0 Å². The van der Waals surface area contributed by atoms with Gasteiger partial charge in [0, 0.05) is 66.4 Å². The maximum Gasteiger partial charge on any atom is 0.0433 e. The number of benzene rings is 9. The normalized spacial score (nSPS) is 11.9. The Morgan fingerprint density at radius 3 is 0.828 bits per heavy atom. The van der Waals surface area contributed by atoms with Crippen LogP contribution in [0.4, 0.5) is 0 Å². The molecule has 0 bridgehead atoms. The topological polar surface area (TPSA) is 0 Å². The molecule has 12 rings (SSSR count). The van der Waals surface area contributed by atoms with E-state index in [0.29, 0.717) is 0 Å². The van der Waals surface area contributed by atoms with E-state index in [0.717, 1.165) is 0 Å². The van der Waals surface area contributed by atoms with Gasteiger partial charge in [0.15, 0.2) is 0 Å². The summed E-state index contributed by atoms with van der Waals surface area (Å²) in [5.41, 5.74) is 11.5. The molecule has 0 aliphatic carbocycles. The molecule has 0 amide bonds. The summed E-state index contributed by atoms with van der Waals surface area (Å²) in [5.74, 6) is 0.0671.